The molecule has 0 N–H and O–H groups in total. The molecule has 0 aliphatic heterocycles. The summed E-state index contributed by atoms with van der Waals surface area (Å²) in [5, 5.41) is 0. The molecule has 0 bridgehead atoms. The third-order valence-electron chi connectivity index (χ3n) is 2.11. The molecule has 1 rings (SSSR count). The summed E-state index contributed by atoms with van der Waals surface area (Å²) in [6.45, 7) is 1.71. The number of carbonyl (C=O) groups excluding carboxylic acids is 1. The molecule has 1 aromatic rings. The average Bonchev–Trinajstić information content (AvgIpc) is 2.33. The van der Waals surface area contributed by atoms with Gasteiger partial charge in [0.2, 0.25) is 0 Å². The lowest BCUT2D eigenvalue weighted by molar-refractivity contribution is -0.138. The van der Waals surface area contributed by atoms with Crippen molar-refractivity contribution in [1.82, 2.24) is 0 Å². The maximum atomic E-state index is 12.7. The number of hydrogen-bond acceptors (Lipinski definition) is 2. The van der Waals surface area contributed by atoms with Crippen molar-refractivity contribution in [2.24, 2.45) is 0 Å². The van der Waals surface area contributed by atoms with Crippen LogP contribution in [0.15, 0.2) is 18.2 Å². The number of hydrogen-bond donors (Lipinski definition) is 0. The lowest BCUT2D eigenvalue weighted by Crippen LogP contribution is -2.10. The number of benzene rings is 1. The van der Waals surface area contributed by atoms with Crippen LogP contribution in [0.4, 0.5) is 13.2 Å². The van der Waals surface area contributed by atoms with Crippen LogP contribution >= 0.6 is 0 Å². The maximum Gasteiger partial charge on any atom is 0.419 e. The van der Waals surface area contributed by atoms with Crippen molar-refractivity contribution in [1.29, 1.82) is 0 Å². The van der Waals surface area contributed by atoms with Crippen LogP contribution in [-0.4, -0.2) is 12.9 Å². The van der Waals surface area contributed by atoms with Gasteiger partial charge in [-0.25, -0.2) is 0 Å². The molecule has 1 aromatic carbocycles. The Morgan fingerprint density at radius 1 is 1.39 bits per heavy atom. The molecule has 0 unspecified atom stereocenters. The van der Waals surface area contributed by atoms with Crippen molar-refractivity contribution in [2.45, 2.75) is 19.5 Å². The van der Waals surface area contributed by atoms with Crippen molar-refractivity contribution >= 4 is 6.29 Å². The first-order valence-electron chi connectivity index (χ1n) is 5.18. The zero-order valence-corrected chi connectivity index (χ0v) is 9.67. The van der Waals surface area contributed by atoms with E-state index in [1.165, 1.54) is 6.07 Å². The lowest BCUT2D eigenvalue weighted by atomic mass is 10.1. The minimum absolute atomic E-state index is 0.0389. The maximum absolute atomic E-state index is 12.7. The number of carbonyl (C=O) groups is 1. The second kappa shape index (κ2) is 6.10. The highest BCUT2D eigenvalue weighted by Gasteiger charge is 2.34. The smallest absolute Gasteiger partial charge is 0.419 e. The predicted molar refractivity (Wildman–Crippen MR) is 60.4 cm³/mol. The van der Waals surface area contributed by atoms with Gasteiger partial charge in [-0.3, -0.25) is 4.79 Å². The molecule has 96 valence electrons. The normalized spacial score (nSPS) is 10.4. The van der Waals surface area contributed by atoms with E-state index in [-0.39, 0.29) is 17.9 Å². The van der Waals surface area contributed by atoms with Crippen LogP contribution in [0.1, 0.15) is 29.3 Å². The molecule has 0 heterocycles. The van der Waals surface area contributed by atoms with E-state index in [0.29, 0.717) is 12.7 Å². The van der Waals surface area contributed by atoms with Crippen molar-refractivity contribution in [2.75, 3.05) is 6.61 Å². The highest BCUT2D eigenvalue weighted by molar-refractivity contribution is 5.75. The molecule has 0 amide bonds. The number of alkyl halides is 3. The topological polar surface area (TPSA) is 26.3 Å². The minimum Gasteiger partial charge on any atom is -0.492 e. The molecule has 0 saturated carbocycles. The Hall–Kier alpha value is -1.96. The van der Waals surface area contributed by atoms with Crippen molar-refractivity contribution in [3.63, 3.8) is 0 Å². The fraction of sp³-hybridized carbons (Fsp3) is 0.308. The fourth-order valence-corrected chi connectivity index (χ4v) is 1.31. The number of halogens is 3. The Morgan fingerprint density at radius 3 is 2.67 bits per heavy atom. The summed E-state index contributed by atoms with van der Waals surface area (Å²) in [5.74, 6) is 5.02. The van der Waals surface area contributed by atoms with E-state index in [0.717, 1.165) is 12.1 Å². The van der Waals surface area contributed by atoms with Gasteiger partial charge < -0.3 is 4.74 Å². The third kappa shape index (κ3) is 3.81. The largest absolute Gasteiger partial charge is 0.492 e. The summed E-state index contributed by atoms with van der Waals surface area (Å²) < 4.78 is 43.2. The van der Waals surface area contributed by atoms with Crippen LogP contribution in [0.2, 0.25) is 0 Å². The molecule has 18 heavy (non-hydrogen) atoms. The van der Waals surface area contributed by atoms with E-state index in [4.69, 9.17) is 4.74 Å². The fourth-order valence-electron chi connectivity index (χ4n) is 1.31. The first kappa shape index (κ1) is 14.1. The number of ether oxygens (including phenoxy) is 1. The zero-order valence-electron chi connectivity index (χ0n) is 9.67. The Labute approximate surface area is 103 Å². The van der Waals surface area contributed by atoms with Gasteiger partial charge in [-0.05, 0) is 25.1 Å². The molecule has 2 nitrogen and oxygen atoms in total. The van der Waals surface area contributed by atoms with Gasteiger partial charge in [0.25, 0.3) is 0 Å². The van der Waals surface area contributed by atoms with Crippen LogP contribution in [0.25, 0.3) is 0 Å². The zero-order chi connectivity index (χ0) is 13.6. The van der Waals surface area contributed by atoms with Gasteiger partial charge in [0.1, 0.15) is 12.0 Å². The Kier molecular flexibility index (Phi) is 4.78. The van der Waals surface area contributed by atoms with E-state index in [2.05, 4.69) is 11.8 Å². The van der Waals surface area contributed by atoms with Crippen molar-refractivity contribution in [3.05, 3.63) is 29.3 Å². The number of aldehydes is 1. The van der Waals surface area contributed by atoms with Gasteiger partial charge in [-0.1, -0.05) is 0 Å². The Morgan fingerprint density at radius 2 is 2.11 bits per heavy atom. The molecule has 0 aromatic heterocycles. The van der Waals surface area contributed by atoms with Gasteiger partial charge in [0, 0.05) is 12.0 Å². The average molecular weight is 256 g/mol. The molecule has 0 saturated heterocycles. The first-order valence-corrected chi connectivity index (χ1v) is 5.18. The highest BCUT2D eigenvalue weighted by atomic mass is 19.4. The predicted octanol–water partition coefficient (Wildman–Crippen LogP) is 3.31. The molecule has 0 atom stereocenters. The summed E-state index contributed by atoms with van der Waals surface area (Å²) >= 11 is 0. The van der Waals surface area contributed by atoms with Crippen LogP contribution < -0.4 is 4.74 Å². The van der Waals surface area contributed by atoms with Crippen molar-refractivity contribution in [3.8, 4) is 17.6 Å². The molecule has 0 fully saturated rings. The summed E-state index contributed by atoms with van der Waals surface area (Å²) in [4.78, 5) is 10.5. The molecule has 0 aliphatic carbocycles. The Balaban J connectivity index is 2.94. The SMILES string of the molecule is CC#CCCOc1ccc(C=O)cc1C(F)(F)F. The monoisotopic (exact) mass is 256 g/mol. The second-order valence-corrected chi connectivity index (χ2v) is 3.40. The van der Waals surface area contributed by atoms with Gasteiger partial charge in [-0.2, -0.15) is 13.2 Å². The lowest BCUT2D eigenvalue weighted by Gasteiger charge is -2.13. The summed E-state index contributed by atoms with van der Waals surface area (Å²) in [5.41, 5.74) is -0.986. The van der Waals surface area contributed by atoms with Crippen LogP contribution in [0, 0.1) is 11.8 Å². The standard InChI is InChI=1S/C13H11F3O2/c1-2-3-4-7-18-12-6-5-10(9-17)8-11(12)13(14,15)16/h5-6,8-9H,4,7H2,1H3. The van der Waals surface area contributed by atoms with Crippen LogP contribution in [-0.2, 0) is 6.18 Å². The number of rotatable bonds is 4. The second-order valence-electron chi connectivity index (χ2n) is 3.40. The molecule has 5 heteroatoms. The summed E-state index contributed by atoms with van der Waals surface area (Å²) in [7, 11) is 0. The quantitative estimate of drug-likeness (QED) is 0.469. The van der Waals surface area contributed by atoms with E-state index >= 15 is 0 Å². The summed E-state index contributed by atoms with van der Waals surface area (Å²) in [6, 6.07) is 3.20. The Bertz CT molecular complexity index is 481. The molecular formula is C13H11F3O2. The van der Waals surface area contributed by atoms with E-state index in [9.17, 15) is 18.0 Å². The highest BCUT2D eigenvalue weighted by Crippen LogP contribution is 2.36. The van der Waals surface area contributed by atoms with Gasteiger partial charge in [0.15, 0.2) is 0 Å². The van der Waals surface area contributed by atoms with Gasteiger partial charge in [-0.15, -0.1) is 11.8 Å². The van der Waals surface area contributed by atoms with Gasteiger partial charge >= 0.3 is 6.18 Å². The summed E-state index contributed by atoms with van der Waals surface area (Å²) in [6.07, 6.45) is -3.84. The minimum atomic E-state index is -4.55. The molecular weight excluding hydrogens is 245 g/mol. The van der Waals surface area contributed by atoms with E-state index in [1.807, 2.05) is 0 Å². The first-order chi connectivity index (χ1) is 8.49. The third-order valence-corrected chi connectivity index (χ3v) is 2.11. The molecule has 0 radical (unpaired) electrons. The molecule has 0 aliphatic rings. The van der Waals surface area contributed by atoms with Crippen molar-refractivity contribution < 1.29 is 22.7 Å². The van der Waals surface area contributed by atoms with E-state index < -0.39 is 11.7 Å². The van der Waals surface area contributed by atoms with Crippen LogP contribution in [0.3, 0.4) is 0 Å². The van der Waals surface area contributed by atoms with Gasteiger partial charge in [0.05, 0.1) is 12.2 Å². The molecule has 0 spiro atoms. The van der Waals surface area contributed by atoms with Crippen LogP contribution in [0.5, 0.6) is 5.75 Å². The van der Waals surface area contributed by atoms with E-state index in [1.54, 1.807) is 6.92 Å².